The Balaban J connectivity index is 1.32. The van der Waals surface area contributed by atoms with Crippen LogP contribution >= 0.6 is 0 Å². The number of amides is 2. The van der Waals surface area contributed by atoms with Crippen molar-refractivity contribution in [2.45, 2.75) is 56.3 Å². The summed E-state index contributed by atoms with van der Waals surface area (Å²) >= 11 is 0. The van der Waals surface area contributed by atoms with Crippen molar-refractivity contribution in [2.75, 3.05) is 46.6 Å². The van der Waals surface area contributed by atoms with Gasteiger partial charge in [-0.2, -0.15) is 0 Å². The maximum atomic E-state index is 13.8. The van der Waals surface area contributed by atoms with Crippen molar-refractivity contribution in [3.05, 3.63) is 35.8 Å². The number of carbonyl (C=O) groups excluding carboxylic acids is 2. The number of carbonyl (C=O) groups is 2. The van der Waals surface area contributed by atoms with Gasteiger partial charge >= 0.3 is 0 Å². The standard InChI is InChI=1S/C26H33F3N6O6/c1-14(37)32-5-3-16(4-6-32)33-11-22(38)34(13-33)10-20-26(40-2)24(25(39)21(12-36)41-20)35-9-19(30-31-35)15-7-17(27)23(29)18(28)8-15/h7-9,16,20-21,24-26,36,39H,3-6,10-13H2,1-2H3/t20-,21-,24+,25+,26+/m1/s1. The van der Waals surface area contributed by atoms with E-state index in [1.807, 2.05) is 0 Å². The molecule has 0 bridgehead atoms. The number of halogens is 3. The molecule has 15 heteroatoms. The molecule has 0 spiro atoms. The van der Waals surface area contributed by atoms with Crippen LogP contribution < -0.4 is 0 Å². The molecule has 5 atom stereocenters. The van der Waals surface area contributed by atoms with E-state index < -0.39 is 54.5 Å². The highest BCUT2D eigenvalue weighted by molar-refractivity contribution is 5.80. The molecular formula is C26H33F3N6O6. The van der Waals surface area contributed by atoms with Gasteiger partial charge in [0, 0.05) is 38.7 Å². The van der Waals surface area contributed by atoms with Gasteiger partial charge < -0.3 is 29.5 Å². The van der Waals surface area contributed by atoms with E-state index >= 15 is 0 Å². The average Bonchev–Trinajstić information content (AvgIpc) is 3.59. The summed E-state index contributed by atoms with van der Waals surface area (Å²) in [6.07, 6.45) is -1.13. The summed E-state index contributed by atoms with van der Waals surface area (Å²) in [5.74, 6) is -4.45. The van der Waals surface area contributed by atoms with Crippen molar-refractivity contribution >= 4 is 11.8 Å². The number of likely N-dealkylation sites (tertiary alicyclic amines) is 1. The Morgan fingerprint density at radius 2 is 1.85 bits per heavy atom. The summed E-state index contributed by atoms with van der Waals surface area (Å²) in [6, 6.07) is 0.779. The van der Waals surface area contributed by atoms with Gasteiger partial charge in [0.2, 0.25) is 11.8 Å². The van der Waals surface area contributed by atoms with Gasteiger partial charge in [0.25, 0.3) is 0 Å². The Labute approximate surface area is 234 Å². The van der Waals surface area contributed by atoms with Crippen LogP contribution in [0.15, 0.2) is 18.3 Å². The lowest BCUT2D eigenvalue weighted by atomic mass is 9.92. The molecule has 3 aliphatic heterocycles. The van der Waals surface area contributed by atoms with Gasteiger partial charge in [-0.1, -0.05) is 5.21 Å². The molecule has 2 N–H and O–H groups in total. The number of aliphatic hydroxyl groups is 2. The number of benzene rings is 1. The quantitative estimate of drug-likeness (QED) is 0.438. The van der Waals surface area contributed by atoms with Crippen molar-refractivity contribution in [1.29, 1.82) is 0 Å². The maximum absolute atomic E-state index is 13.8. The molecule has 3 saturated heterocycles. The molecule has 0 radical (unpaired) electrons. The highest BCUT2D eigenvalue weighted by atomic mass is 19.2. The van der Waals surface area contributed by atoms with Gasteiger partial charge in [-0.25, -0.2) is 17.9 Å². The van der Waals surface area contributed by atoms with Gasteiger partial charge in [0.05, 0.1) is 32.6 Å². The van der Waals surface area contributed by atoms with E-state index in [-0.39, 0.29) is 42.2 Å². The fourth-order valence-corrected chi connectivity index (χ4v) is 5.96. The molecule has 0 saturated carbocycles. The summed E-state index contributed by atoms with van der Waals surface area (Å²) < 4.78 is 54.0. The van der Waals surface area contributed by atoms with Crippen LogP contribution in [-0.2, 0) is 19.1 Å². The van der Waals surface area contributed by atoms with E-state index in [1.54, 1.807) is 16.7 Å². The van der Waals surface area contributed by atoms with Gasteiger partial charge in [-0.05, 0) is 25.0 Å². The van der Waals surface area contributed by atoms with Crippen LogP contribution in [0.2, 0.25) is 0 Å². The molecule has 1 aromatic carbocycles. The third kappa shape index (κ3) is 5.81. The maximum Gasteiger partial charge on any atom is 0.237 e. The van der Waals surface area contributed by atoms with Crippen molar-refractivity contribution in [3.63, 3.8) is 0 Å². The van der Waals surface area contributed by atoms with E-state index in [4.69, 9.17) is 9.47 Å². The van der Waals surface area contributed by atoms with E-state index in [9.17, 15) is 33.0 Å². The lowest BCUT2D eigenvalue weighted by Gasteiger charge is -2.44. The van der Waals surface area contributed by atoms with Crippen LogP contribution in [-0.4, -0.2) is 129 Å². The molecule has 4 heterocycles. The zero-order chi connectivity index (χ0) is 29.4. The Morgan fingerprint density at radius 3 is 2.46 bits per heavy atom. The minimum atomic E-state index is -1.61. The second-order valence-electron chi connectivity index (χ2n) is 10.7. The Bertz CT molecular complexity index is 1250. The van der Waals surface area contributed by atoms with Crippen molar-refractivity contribution in [2.24, 2.45) is 0 Å². The molecule has 1 aromatic heterocycles. The molecule has 41 heavy (non-hydrogen) atoms. The highest BCUT2D eigenvalue weighted by Gasteiger charge is 2.48. The van der Waals surface area contributed by atoms with Gasteiger partial charge in [-0.15, -0.1) is 5.10 Å². The lowest BCUT2D eigenvalue weighted by Crippen LogP contribution is -2.59. The molecule has 2 amide bonds. The minimum Gasteiger partial charge on any atom is -0.394 e. The summed E-state index contributed by atoms with van der Waals surface area (Å²) in [7, 11) is 1.41. The first-order valence-corrected chi connectivity index (χ1v) is 13.4. The SMILES string of the molecule is CO[C@@H]1[C@@H](n2cc(-c3cc(F)c(F)c(F)c3)nn2)[C@@H](O)[C@@H](CO)O[C@@H]1CN1CN(C2CCN(C(C)=O)CC2)CC1=O. The number of aliphatic hydroxyl groups excluding tert-OH is 2. The predicted octanol–water partition coefficient (Wildman–Crippen LogP) is 0.152. The smallest absolute Gasteiger partial charge is 0.237 e. The fraction of sp³-hybridized carbons (Fsp3) is 0.615. The fourth-order valence-electron chi connectivity index (χ4n) is 5.96. The second kappa shape index (κ2) is 12.0. The van der Waals surface area contributed by atoms with Crippen LogP contribution in [0.4, 0.5) is 13.2 Å². The number of ether oxygens (including phenoxy) is 2. The first kappa shape index (κ1) is 29.4. The van der Waals surface area contributed by atoms with Gasteiger partial charge in [0.15, 0.2) is 17.5 Å². The third-order valence-corrected chi connectivity index (χ3v) is 8.20. The Morgan fingerprint density at radius 1 is 1.17 bits per heavy atom. The molecule has 3 fully saturated rings. The van der Waals surface area contributed by atoms with E-state index in [2.05, 4.69) is 15.2 Å². The summed E-state index contributed by atoms with van der Waals surface area (Å²) in [4.78, 5) is 30.1. The van der Waals surface area contributed by atoms with E-state index in [0.29, 0.717) is 19.8 Å². The third-order valence-electron chi connectivity index (χ3n) is 8.20. The zero-order valence-electron chi connectivity index (χ0n) is 22.7. The number of hydrogen-bond donors (Lipinski definition) is 2. The number of aromatic nitrogens is 3. The number of nitrogens with zero attached hydrogens (tertiary/aromatic N) is 6. The summed E-state index contributed by atoms with van der Waals surface area (Å²) in [6.45, 7) is 2.97. The van der Waals surface area contributed by atoms with Crippen molar-refractivity contribution in [3.8, 4) is 11.3 Å². The number of hydrogen-bond acceptors (Lipinski definition) is 9. The Hall–Kier alpha value is -3.11. The highest BCUT2D eigenvalue weighted by Crippen LogP contribution is 2.34. The second-order valence-corrected chi connectivity index (χ2v) is 10.7. The monoisotopic (exact) mass is 582 g/mol. The van der Waals surface area contributed by atoms with Crippen LogP contribution in [0, 0.1) is 17.5 Å². The molecule has 224 valence electrons. The van der Waals surface area contributed by atoms with Crippen LogP contribution in [0.25, 0.3) is 11.3 Å². The molecule has 0 unspecified atom stereocenters. The molecular weight excluding hydrogens is 549 g/mol. The van der Waals surface area contributed by atoms with E-state index in [0.717, 1.165) is 25.0 Å². The zero-order valence-corrected chi connectivity index (χ0v) is 22.7. The minimum absolute atomic E-state index is 0.0228. The van der Waals surface area contributed by atoms with Gasteiger partial charge in [-0.3, -0.25) is 14.5 Å². The normalized spacial score (nSPS) is 28.1. The molecule has 2 aromatic rings. The van der Waals surface area contributed by atoms with E-state index in [1.165, 1.54) is 18.0 Å². The number of rotatable bonds is 7. The molecule has 3 aliphatic rings. The lowest BCUT2D eigenvalue weighted by molar-refractivity contribution is -0.216. The first-order chi connectivity index (χ1) is 19.6. The number of piperidine rings is 1. The van der Waals surface area contributed by atoms with Gasteiger partial charge in [0.1, 0.15) is 36.2 Å². The molecule has 0 aliphatic carbocycles. The molecule has 12 nitrogen and oxygen atoms in total. The molecule has 5 rings (SSSR count). The largest absolute Gasteiger partial charge is 0.394 e. The van der Waals surface area contributed by atoms with Crippen molar-refractivity contribution < 1.29 is 42.4 Å². The van der Waals surface area contributed by atoms with Crippen LogP contribution in [0.1, 0.15) is 25.8 Å². The predicted molar refractivity (Wildman–Crippen MR) is 135 cm³/mol. The first-order valence-electron chi connectivity index (χ1n) is 13.4. The number of methoxy groups -OCH3 is 1. The topological polar surface area (TPSA) is 133 Å². The summed E-state index contributed by atoms with van der Waals surface area (Å²) in [5.41, 5.74) is -0.0371. The Kier molecular flexibility index (Phi) is 8.61. The average molecular weight is 583 g/mol. The summed E-state index contributed by atoms with van der Waals surface area (Å²) in [5, 5.41) is 29.0. The van der Waals surface area contributed by atoms with Crippen molar-refractivity contribution in [1.82, 2.24) is 29.7 Å². The van der Waals surface area contributed by atoms with Crippen LogP contribution in [0.5, 0.6) is 0 Å². The van der Waals surface area contributed by atoms with Crippen LogP contribution in [0.3, 0.4) is 0 Å².